The molecule has 0 aliphatic carbocycles. The standard InChI is InChI=1S/C12H11ClN2/c1-7-4-8-2-3-10(13)5-9(8)6-11(7)12(14)15/h2-6H,1H3,(H3,14,15). The van der Waals surface area contributed by atoms with E-state index in [1.165, 1.54) is 0 Å². The number of halogens is 1. The van der Waals surface area contributed by atoms with Crippen LogP contribution in [-0.4, -0.2) is 5.84 Å². The van der Waals surface area contributed by atoms with Crippen LogP contribution in [-0.2, 0) is 0 Å². The van der Waals surface area contributed by atoms with Crippen molar-refractivity contribution in [3.63, 3.8) is 0 Å². The molecule has 76 valence electrons. The van der Waals surface area contributed by atoms with Crippen molar-refractivity contribution < 1.29 is 0 Å². The van der Waals surface area contributed by atoms with Gasteiger partial charge in [-0.2, -0.15) is 0 Å². The number of aryl methyl sites for hydroxylation is 1. The minimum atomic E-state index is 0.0920. The topological polar surface area (TPSA) is 49.9 Å². The van der Waals surface area contributed by atoms with Crippen molar-refractivity contribution in [2.75, 3.05) is 0 Å². The number of hydrogen-bond donors (Lipinski definition) is 2. The molecule has 0 fully saturated rings. The second-order valence-electron chi connectivity index (χ2n) is 3.57. The lowest BCUT2D eigenvalue weighted by Gasteiger charge is -2.06. The summed E-state index contributed by atoms with van der Waals surface area (Å²) in [5.41, 5.74) is 7.27. The van der Waals surface area contributed by atoms with Crippen LogP contribution in [0.2, 0.25) is 5.02 Å². The third-order valence-corrected chi connectivity index (χ3v) is 2.67. The predicted octanol–water partition coefficient (Wildman–Crippen LogP) is 3.09. The normalized spacial score (nSPS) is 10.5. The van der Waals surface area contributed by atoms with Gasteiger partial charge in [0.1, 0.15) is 5.84 Å². The van der Waals surface area contributed by atoms with Crippen LogP contribution in [0, 0.1) is 12.3 Å². The Labute approximate surface area is 93.2 Å². The third kappa shape index (κ3) is 1.81. The number of fused-ring (bicyclic) bond motifs is 1. The van der Waals surface area contributed by atoms with Crippen molar-refractivity contribution in [1.29, 1.82) is 5.41 Å². The van der Waals surface area contributed by atoms with Gasteiger partial charge in [0.15, 0.2) is 0 Å². The molecule has 0 bridgehead atoms. The van der Waals surface area contributed by atoms with Crippen molar-refractivity contribution in [3.05, 3.63) is 46.5 Å². The zero-order valence-corrected chi connectivity index (χ0v) is 9.10. The number of nitrogen functional groups attached to an aromatic ring is 1. The fourth-order valence-electron chi connectivity index (χ4n) is 1.67. The van der Waals surface area contributed by atoms with Gasteiger partial charge in [-0.15, -0.1) is 0 Å². The van der Waals surface area contributed by atoms with Gasteiger partial charge < -0.3 is 5.73 Å². The molecule has 0 saturated carbocycles. The quantitative estimate of drug-likeness (QED) is 0.561. The van der Waals surface area contributed by atoms with Gasteiger partial charge in [0, 0.05) is 10.6 Å². The Morgan fingerprint density at radius 1 is 1.20 bits per heavy atom. The number of benzene rings is 2. The summed E-state index contributed by atoms with van der Waals surface area (Å²) in [7, 11) is 0. The SMILES string of the molecule is Cc1cc2ccc(Cl)cc2cc1C(=N)N. The first-order valence-electron chi connectivity index (χ1n) is 4.62. The molecule has 15 heavy (non-hydrogen) atoms. The summed E-state index contributed by atoms with van der Waals surface area (Å²) >= 11 is 5.91. The van der Waals surface area contributed by atoms with E-state index in [0.29, 0.717) is 5.02 Å². The molecule has 0 amide bonds. The third-order valence-electron chi connectivity index (χ3n) is 2.44. The van der Waals surface area contributed by atoms with E-state index in [-0.39, 0.29) is 5.84 Å². The highest BCUT2D eigenvalue weighted by Gasteiger charge is 2.04. The second kappa shape index (κ2) is 3.55. The Hall–Kier alpha value is -1.54. The van der Waals surface area contributed by atoms with Crippen LogP contribution < -0.4 is 5.73 Å². The molecule has 0 aliphatic heterocycles. The Kier molecular flexibility index (Phi) is 2.37. The molecular formula is C12H11ClN2. The predicted molar refractivity (Wildman–Crippen MR) is 64.7 cm³/mol. The highest BCUT2D eigenvalue weighted by molar-refractivity contribution is 6.31. The number of rotatable bonds is 1. The minimum absolute atomic E-state index is 0.0920. The molecule has 0 atom stereocenters. The molecular weight excluding hydrogens is 208 g/mol. The van der Waals surface area contributed by atoms with Crippen molar-refractivity contribution in [2.24, 2.45) is 5.73 Å². The average molecular weight is 219 g/mol. The summed E-state index contributed by atoms with van der Waals surface area (Å²) in [4.78, 5) is 0. The maximum absolute atomic E-state index is 7.45. The Bertz CT molecular complexity index is 547. The lowest BCUT2D eigenvalue weighted by molar-refractivity contribution is 1.38. The lowest BCUT2D eigenvalue weighted by Crippen LogP contribution is -2.12. The smallest absolute Gasteiger partial charge is 0.123 e. The molecule has 3 heteroatoms. The zero-order chi connectivity index (χ0) is 11.0. The molecule has 0 aliphatic rings. The monoisotopic (exact) mass is 218 g/mol. The molecule has 2 nitrogen and oxygen atoms in total. The fraction of sp³-hybridized carbons (Fsp3) is 0.0833. The Morgan fingerprint density at radius 3 is 2.60 bits per heavy atom. The lowest BCUT2D eigenvalue weighted by atomic mass is 10.0. The number of amidine groups is 1. The van der Waals surface area contributed by atoms with Crippen LogP contribution in [0.4, 0.5) is 0 Å². The molecule has 0 saturated heterocycles. The first-order valence-corrected chi connectivity index (χ1v) is 5.00. The Balaban J connectivity index is 2.77. The van der Waals surface area contributed by atoms with Gasteiger partial charge in [0.2, 0.25) is 0 Å². The highest BCUT2D eigenvalue weighted by atomic mass is 35.5. The second-order valence-corrected chi connectivity index (χ2v) is 4.01. The average Bonchev–Trinajstić information content (AvgIpc) is 2.17. The van der Waals surface area contributed by atoms with E-state index in [4.69, 9.17) is 22.7 Å². The van der Waals surface area contributed by atoms with E-state index in [9.17, 15) is 0 Å². The molecule has 2 aromatic carbocycles. The summed E-state index contributed by atoms with van der Waals surface area (Å²) in [6.45, 7) is 1.95. The van der Waals surface area contributed by atoms with Gasteiger partial charge in [-0.1, -0.05) is 23.7 Å². The van der Waals surface area contributed by atoms with Gasteiger partial charge in [0.05, 0.1) is 0 Å². The zero-order valence-electron chi connectivity index (χ0n) is 8.34. The van der Waals surface area contributed by atoms with Gasteiger partial charge in [-0.05, 0) is 41.5 Å². The van der Waals surface area contributed by atoms with E-state index in [2.05, 4.69) is 0 Å². The van der Waals surface area contributed by atoms with Crippen molar-refractivity contribution in [3.8, 4) is 0 Å². The summed E-state index contributed by atoms with van der Waals surface area (Å²) in [5, 5.41) is 10.3. The van der Waals surface area contributed by atoms with E-state index in [1.54, 1.807) is 0 Å². The molecule has 2 aromatic rings. The van der Waals surface area contributed by atoms with Crippen LogP contribution in [0.1, 0.15) is 11.1 Å². The van der Waals surface area contributed by atoms with Crippen molar-refractivity contribution >= 4 is 28.2 Å². The van der Waals surface area contributed by atoms with E-state index < -0.39 is 0 Å². The van der Waals surface area contributed by atoms with Gasteiger partial charge in [-0.25, -0.2) is 0 Å². The Morgan fingerprint density at radius 2 is 1.93 bits per heavy atom. The molecule has 0 aromatic heterocycles. The maximum Gasteiger partial charge on any atom is 0.123 e. The number of nitrogens with two attached hydrogens (primary N) is 1. The maximum atomic E-state index is 7.45. The van der Waals surface area contributed by atoms with Gasteiger partial charge >= 0.3 is 0 Å². The van der Waals surface area contributed by atoms with E-state index >= 15 is 0 Å². The molecule has 0 radical (unpaired) electrons. The number of nitrogens with one attached hydrogen (secondary N) is 1. The van der Waals surface area contributed by atoms with Gasteiger partial charge in [-0.3, -0.25) is 5.41 Å². The largest absolute Gasteiger partial charge is 0.384 e. The van der Waals surface area contributed by atoms with Crippen LogP contribution in [0.15, 0.2) is 30.3 Å². The molecule has 2 rings (SSSR count). The fourth-order valence-corrected chi connectivity index (χ4v) is 1.85. The molecule has 0 spiro atoms. The summed E-state index contributed by atoms with van der Waals surface area (Å²) < 4.78 is 0. The van der Waals surface area contributed by atoms with Crippen LogP contribution >= 0.6 is 11.6 Å². The summed E-state index contributed by atoms with van der Waals surface area (Å²) in [5.74, 6) is 0.0920. The number of hydrogen-bond acceptors (Lipinski definition) is 1. The first kappa shape index (κ1) is 9.99. The molecule has 0 heterocycles. The van der Waals surface area contributed by atoms with Crippen LogP contribution in [0.3, 0.4) is 0 Å². The van der Waals surface area contributed by atoms with E-state index in [0.717, 1.165) is 21.9 Å². The minimum Gasteiger partial charge on any atom is -0.384 e. The molecule has 0 unspecified atom stereocenters. The van der Waals surface area contributed by atoms with E-state index in [1.807, 2.05) is 37.3 Å². The summed E-state index contributed by atoms with van der Waals surface area (Å²) in [6, 6.07) is 9.62. The van der Waals surface area contributed by atoms with Crippen LogP contribution in [0.25, 0.3) is 10.8 Å². The van der Waals surface area contributed by atoms with Crippen LogP contribution in [0.5, 0.6) is 0 Å². The highest BCUT2D eigenvalue weighted by Crippen LogP contribution is 2.22. The van der Waals surface area contributed by atoms with Gasteiger partial charge in [0.25, 0.3) is 0 Å². The molecule has 3 N–H and O–H groups in total. The first-order chi connectivity index (χ1) is 7.08. The van der Waals surface area contributed by atoms with Crippen molar-refractivity contribution in [1.82, 2.24) is 0 Å². The summed E-state index contributed by atoms with van der Waals surface area (Å²) in [6.07, 6.45) is 0. The van der Waals surface area contributed by atoms with Crippen molar-refractivity contribution in [2.45, 2.75) is 6.92 Å².